The number of halogens is 1. The zero-order valence-electron chi connectivity index (χ0n) is 15.1. The van der Waals surface area contributed by atoms with Crippen LogP contribution in [0.15, 0.2) is 12.4 Å². The number of hydrogen-bond acceptors (Lipinski definition) is 5. The monoisotopic (exact) mass is 362 g/mol. The SMILES string of the molecule is O=C(C1CCCC1)N1CCC[C@]2(C1)CN(c1ncc(F)cn1)CC[C@H]2O. The van der Waals surface area contributed by atoms with E-state index in [1.807, 2.05) is 9.80 Å². The summed E-state index contributed by atoms with van der Waals surface area (Å²) in [5, 5.41) is 10.8. The van der Waals surface area contributed by atoms with Crippen LogP contribution in [-0.4, -0.2) is 58.2 Å². The van der Waals surface area contributed by atoms with Crippen LogP contribution in [-0.2, 0) is 4.79 Å². The molecule has 1 spiro atoms. The number of aliphatic hydroxyl groups is 1. The van der Waals surface area contributed by atoms with E-state index >= 15 is 0 Å². The molecule has 1 aliphatic carbocycles. The van der Waals surface area contributed by atoms with Crippen molar-refractivity contribution in [3.8, 4) is 0 Å². The van der Waals surface area contributed by atoms with Gasteiger partial charge in [0.15, 0.2) is 5.82 Å². The molecule has 7 heteroatoms. The molecule has 6 nitrogen and oxygen atoms in total. The molecule has 3 heterocycles. The van der Waals surface area contributed by atoms with Crippen molar-refractivity contribution in [2.24, 2.45) is 11.3 Å². The first-order valence-electron chi connectivity index (χ1n) is 9.77. The highest BCUT2D eigenvalue weighted by atomic mass is 19.1. The molecule has 1 saturated carbocycles. The van der Waals surface area contributed by atoms with E-state index in [1.165, 1.54) is 12.4 Å². The third-order valence-electron chi connectivity index (χ3n) is 6.40. The molecule has 1 aromatic rings. The molecular weight excluding hydrogens is 335 g/mol. The quantitative estimate of drug-likeness (QED) is 0.871. The molecule has 0 aromatic carbocycles. The molecular formula is C19H27FN4O2. The third kappa shape index (κ3) is 3.29. The summed E-state index contributed by atoms with van der Waals surface area (Å²) in [4.78, 5) is 25.1. The molecule has 2 atom stereocenters. The average molecular weight is 362 g/mol. The van der Waals surface area contributed by atoms with Gasteiger partial charge in [0.05, 0.1) is 18.5 Å². The molecule has 0 radical (unpaired) electrons. The standard InChI is InChI=1S/C19H27FN4O2/c20-15-10-21-18(22-11-15)24-9-6-16(25)19(13-24)7-3-8-23(12-19)17(26)14-4-1-2-5-14/h10-11,14,16,25H,1-9,12-13H2/t16-,19+/m1/s1. The van der Waals surface area contributed by atoms with Gasteiger partial charge in [-0.15, -0.1) is 0 Å². The van der Waals surface area contributed by atoms with Gasteiger partial charge in [0.25, 0.3) is 0 Å². The third-order valence-corrected chi connectivity index (χ3v) is 6.40. The smallest absolute Gasteiger partial charge is 0.225 e. The minimum atomic E-state index is -0.452. The number of nitrogens with zero attached hydrogens (tertiary/aromatic N) is 4. The number of rotatable bonds is 2. The Kier molecular flexibility index (Phi) is 4.82. The van der Waals surface area contributed by atoms with Crippen molar-refractivity contribution in [2.75, 3.05) is 31.1 Å². The second-order valence-electron chi connectivity index (χ2n) is 8.13. The van der Waals surface area contributed by atoms with Crippen molar-refractivity contribution >= 4 is 11.9 Å². The second-order valence-corrected chi connectivity index (χ2v) is 8.13. The summed E-state index contributed by atoms with van der Waals surface area (Å²) in [5.41, 5.74) is -0.345. The number of hydrogen-bond donors (Lipinski definition) is 1. The lowest BCUT2D eigenvalue weighted by molar-refractivity contribution is -0.142. The minimum absolute atomic E-state index is 0.169. The number of amides is 1. The summed E-state index contributed by atoms with van der Waals surface area (Å²) in [7, 11) is 0. The zero-order valence-corrected chi connectivity index (χ0v) is 15.1. The number of carbonyl (C=O) groups is 1. The van der Waals surface area contributed by atoms with Crippen molar-refractivity contribution < 1.29 is 14.3 Å². The van der Waals surface area contributed by atoms with Gasteiger partial charge in [-0.25, -0.2) is 14.4 Å². The van der Waals surface area contributed by atoms with E-state index in [0.29, 0.717) is 32.0 Å². The molecule has 0 bridgehead atoms. The topological polar surface area (TPSA) is 69.6 Å². The Balaban J connectivity index is 1.50. The van der Waals surface area contributed by atoms with E-state index in [4.69, 9.17) is 0 Å². The summed E-state index contributed by atoms with van der Waals surface area (Å²) >= 11 is 0. The Bertz CT molecular complexity index is 649. The van der Waals surface area contributed by atoms with Crippen LogP contribution in [0.4, 0.5) is 10.3 Å². The van der Waals surface area contributed by atoms with E-state index in [0.717, 1.165) is 45.1 Å². The lowest BCUT2D eigenvalue weighted by Crippen LogP contribution is -2.60. The molecule has 1 amide bonds. The summed E-state index contributed by atoms with van der Waals surface area (Å²) in [5.74, 6) is 0.481. The van der Waals surface area contributed by atoms with E-state index in [2.05, 4.69) is 9.97 Å². The number of aliphatic hydroxyl groups excluding tert-OH is 1. The van der Waals surface area contributed by atoms with Crippen molar-refractivity contribution in [2.45, 2.75) is 51.0 Å². The summed E-state index contributed by atoms with van der Waals surface area (Å²) < 4.78 is 13.1. The minimum Gasteiger partial charge on any atom is -0.392 e. The summed E-state index contributed by atoms with van der Waals surface area (Å²) in [6.07, 6.45) is 8.63. The Labute approximate surface area is 153 Å². The van der Waals surface area contributed by atoms with Crippen LogP contribution in [0, 0.1) is 17.2 Å². The number of likely N-dealkylation sites (tertiary alicyclic amines) is 1. The van der Waals surface area contributed by atoms with Crippen LogP contribution in [0.1, 0.15) is 44.9 Å². The molecule has 142 valence electrons. The first-order chi connectivity index (χ1) is 12.6. The Hall–Kier alpha value is -1.76. The Morgan fingerprint density at radius 3 is 2.58 bits per heavy atom. The Morgan fingerprint density at radius 1 is 1.12 bits per heavy atom. The van der Waals surface area contributed by atoms with Crippen molar-refractivity contribution in [3.05, 3.63) is 18.2 Å². The van der Waals surface area contributed by atoms with Gasteiger partial charge in [0.1, 0.15) is 0 Å². The van der Waals surface area contributed by atoms with Gasteiger partial charge < -0.3 is 14.9 Å². The second kappa shape index (κ2) is 7.10. The normalized spacial score (nSPS) is 30.2. The fraction of sp³-hybridized carbons (Fsp3) is 0.737. The number of anilines is 1. The van der Waals surface area contributed by atoms with E-state index in [1.54, 1.807) is 0 Å². The lowest BCUT2D eigenvalue weighted by Gasteiger charge is -2.51. The zero-order chi connectivity index (χ0) is 18.1. The lowest BCUT2D eigenvalue weighted by atomic mass is 9.71. The van der Waals surface area contributed by atoms with Crippen LogP contribution in [0.5, 0.6) is 0 Å². The van der Waals surface area contributed by atoms with Gasteiger partial charge in [-0.3, -0.25) is 4.79 Å². The highest BCUT2D eigenvalue weighted by Gasteiger charge is 2.47. The van der Waals surface area contributed by atoms with Crippen LogP contribution in [0.25, 0.3) is 0 Å². The van der Waals surface area contributed by atoms with Crippen LogP contribution < -0.4 is 4.90 Å². The predicted octanol–water partition coefficient (Wildman–Crippen LogP) is 1.99. The number of piperidine rings is 2. The average Bonchev–Trinajstić information content (AvgIpc) is 3.19. The molecule has 3 aliphatic rings. The molecule has 4 rings (SSSR count). The molecule has 2 saturated heterocycles. The highest BCUT2D eigenvalue weighted by molar-refractivity contribution is 5.79. The van der Waals surface area contributed by atoms with Gasteiger partial charge in [-0.1, -0.05) is 12.8 Å². The maximum Gasteiger partial charge on any atom is 0.225 e. The fourth-order valence-electron chi connectivity index (χ4n) is 4.97. The first-order valence-corrected chi connectivity index (χ1v) is 9.77. The molecule has 1 aromatic heterocycles. The number of carbonyl (C=O) groups excluding carboxylic acids is 1. The highest BCUT2D eigenvalue weighted by Crippen LogP contribution is 2.40. The van der Waals surface area contributed by atoms with Crippen molar-refractivity contribution in [1.29, 1.82) is 0 Å². The predicted molar refractivity (Wildman–Crippen MR) is 95.0 cm³/mol. The van der Waals surface area contributed by atoms with Crippen molar-refractivity contribution in [3.63, 3.8) is 0 Å². The summed E-state index contributed by atoms with van der Waals surface area (Å²) in [6.45, 7) is 2.64. The largest absolute Gasteiger partial charge is 0.392 e. The van der Waals surface area contributed by atoms with Gasteiger partial charge >= 0.3 is 0 Å². The first kappa shape index (κ1) is 17.6. The van der Waals surface area contributed by atoms with Gasteiger partial charge in [-0.2, -0.15) is 0 Å². The van der Waals surface area contributed by atoms with E-state index in [9.17, 15) is 14.3 Å². The van der Waals surface area contributed by atoms with Gasteiger partial charge in [-0.05, 0) is 32.1 Å². The van der Waals surface area contributed by atoms with Crippen LogP contribution >= 0.6 is 0 Å². The van der Waals surface area contributed by atoms with Crippen molar-refractivity contribution in [1.82, 2.24) is 14.9 Å². The molecule has 3 fully saturated rings. The molecule has 26 heavy (non-hydrogen) atoms. The number of aromatic nitrogens is 2. The van der Waals surface area contributed by atoms with E-state index in [-0.39, 0.29) is 17.2 Å². The summed E-state index contributed by atoms with van der Waals surface area (Å²) in [6, 6.07) is 0. The fourth-order valence-corrected chi connectivity index (χ4v) is 4.97. The Morgan fingerprint density at radius 2 is 1.85 bits per heavy atom. The van der Waals surface area contributed by atoms with Crippen LogP contribution in [0.2, 0.25) is 0 Å². The molecule has 1 N–H and O–H groups in total. The van der Waals surface area contributed by atoms with E-state index < -0.39 is 11.9 Å². The maximum absolute atomic E-state index is 13.1. The van der Waals surface area contributed by atoms with Gasteiger partial charge in [0.2, 0.25) is 11.9 Å². The maximum atomic E-state index is 13.1. The molecule has 0 unspecified atom stereocenters. The molecule has 2 aliphatic heterocycles. The van der Waals surface area contributed by atoms with Gasteiger partial charge in [0, 0.05) is 37.5 Å². The van der Waals surface area contributed by atoms with Crippen LogP contribution in [0.3, 0.4) is 0 Å².